The Kier molecular flexibility index (Phi) is 5.32. The fourth-order valence-electron chi connectivity index (χ4n) is 2.36. The van der Waals surface area contributed by atoms with Crippen LogP contribution in [0.5, 0.6) is 0 Å². The van der Waals surface area contributed by atoms with Gasteiger partial charge in [-0.15, -0.1) is 11.3 Å². The minimum absolute atomic E-state index is 0.108. The molecule has 0 unspecified atom stereocenters. The summed E-state index contributed by atoms with van der Waals surface area (Å²) in [6.45, 7) is 0. The Morgan fingerprint density at radius 1 is 1.04 bits per heavy atom. The smallest absolute Gasteiger partial charge is 0.337 e. The Balaban J connectivity index is 1.86. The van der Waals surface area contributed by atoms with Gasteiger partial charge in [0.05, 0.1) is 35.9 Å². The molecule has 0 spiro atoms. The van der Waals surface area contributed by atoms with Crippen molar-refractivity contribution in [1.82, 2.24) is 10.2 Å². The van der Waals surface area contributed by atoms with E-state index in [0.29, 0.717) is 5.69 Å². The summed E-state index contributed by atoms with van der Waals surface area (Å²) in [6.07, 6.45) is 0. The molecule has 8 nitrogen and oxygen atoms in total. The fourth-order valence-corrected chi connectivity index (χ4v) is 3.05. The average molecular weight is 385 g/mol. The van der Waals surface area contributed by atoms with Crippen molar-refractivity contribution in [3.05, 3.63) is 58.6 Å². The molecule has 0 atom stereocenters. The van der Waals surface area contributed by atoms with E-state index < -0.39 is 17.8 Å². The number of ether oxygens (including phenoxy) is 2. The molecule has 1 aromatic carbocycles. The highest BCUT2D eigenvalue weighted by Gasteiger charge is 2.17. The van der Waals surface area contributed by atoms with Crippen LogP contribution in [-0.4, -0.2) is 42.3 Å². The van der Waals surface area contributed by atoms with Crippen LogP contribution in [0.25, 0.3) is 10.6 Å². The first-order chi connectivity index (χ1) is 13.0. The minimum Gasteiger partial charge on any atom is -0.465 e. The number of esters is 2. The maximum Gasteiger partial charge on any atom is 0.337 e. The predicted octanol–water partition coefficient (Wildman–Crippen LogP) is 2.96. The van der Waals surface area contributed by atoms with Gasteiger partial charge in [-0.05, 0) is 35.7 Å². The Morgan fingerprint density at radius 3 is 2.26 bits per heavy atom. The molecule has 3 aromatic rings. The molecule has 0 radical (unpaired) electrons. The summed E-state index contributed by atoms with van der Waals surface area (Å²) < 4.78 is 9.35. The molecule has 27 heavy (non-hydrogen) atoms. The molecule has 1 amide bonds. The first kappa shape index (κ1) is 18.3. The summed E-state index contributed by atoms with van der Waals surface area (Å²) >= 11 is 1.51. The Labute approximate surface area is 158 Å². The van der Waals surface area contributed by atoms with Crippen LogP contribution in [0.4, 0.5) is 5.69 Å². The van der Waals surface area contributed by atoms with Gasteiger partial charge in [0.15, 0.2) is 5.69 Å². The predicted molar refractivity (Wildman–Crippen MR) is 99.0 cm³/mol. The SMILES string of the molecule is COC(=O)c1cc(NC(=O)c2cc(-c3cccs3)[nH]n2)cc(C(=O)OC)c1. The summed E-state index contributed by atoms with van der Waals surface area (Å²) in [7, 11) is 2.45. The second-order valence-electron chi connectivity index (χ2n) is 5.38. The molecule has 0 aliphatic carbocycles. The maximum atomic E-state index is 12.5. The van der Waals surface area contributed by atoms with Crippen LogP contribution in [0, 0.1) is 0 Å². The molecule has 9 heteroatoms. The fraction of sp³-hybridized carbons (Fsp3) is 0.111. The number of anilines is 1. The van der Waals surface area contributed by atoms with E-state index >= 15 is 0 Å². The van der Waals surface area contributed by atoms with Gasteiger partial charge < -0.3 is 14.8 Å². The van der Waals surface area contributed by atoms with Gasteiger partial charge in [-0.3, -0.25) is 9.89 Å². The zero-order valence-corrected chi connectivity index (χ0v) is 15.3. The quantitative estimate of drug-likeness (QED) is 0.654. The number of hydrogen-bond donors (Lipinski definition) is 2. The van der Waals surface area contributed by atoms with E-state index in [1.165, 1.54) is 43.8 Å². The molecule has 0 saturated heterocycles. The molecule has 2 aromatic heterocycles. The van der Waals surface area contributed by atoms with Gasteiger partial charge in [-0.1, -0.05) is 6.07 Å². The van der Waals surface area contributed by atoms with E-state index in [1.54, 1.807) is 6.07 Å². The lowest BCUT2D eigenvalue weighted by Crippen LogP contribution is -2.14. The van der Waals surface area contributed by atoms with E-state index in [1.807, 2.05) is 17.5 Å². The van der Waals surface area contributed by atoms with Crippen molar-refractivity contribution in [3.8, 4) is 10.6 Å². The van der Waals surface area contributed by atoms with Gasteiger partial charge >= 0.3 is 11.9 Å². The minimum atomic E-state index is -0.643. The number of carbonyl (C=O) groups is 3. The van der Waals surface area contributed by atoms with E-state index in [0.717, 1.165) is 4.88 Å². The number of aromatic nitrogens is 2. The molecule has 2 heterocycles. The lowest BCUT2D eigenvalue weighted by atomic mass is 10.1. The standard InChI is InChI=1S/C18H15N3O5S/c1-25-17(23)10-6-11(18(24)26-2)8-12(7-10)19-16(22)14-9-13(20-21-14)15-4-3-5-27-15/h3-9H,1-2H3,(H,19,22)(H,20,21). The zero-order chi connectivity index (χ0) is 19.4. The lowest BCUT2D eigenvalue weighted by Gasteiger charge is -2.08. The highest BCUT2D eigenvalue weighted by molar-refractivity contribution is 7.13. The highest BCUT2D eigenvalue weighted by Crippen LogP contribution is 2.23. The molecule has 0 bridgehead atoms. The second-order valence-corrected chi connectivity index (χ2v) is 6.33. The molecular formula is C18H15N3O5S. The first-order valence-corrected chi connectivity index (χ1v) is 8.62. The Morgan fingerprint density at radius 2 is 1.70 bits per heavy atom. The topological polar surface area (TPSA) is 110 Å². The number of carbonyl (C=O) groups excluding carboxylic acids is 3. The monoisotopic (exact) mass is 385 g/mol. The van der Waals surface area contributed by atoms with Crippen LogP contribution in [0.1, 0.15) is 31.2 Å². The van der Waals surface area contributed by atoms with Crippen molar-refractivity contribution in [2.75, 3.05) is 19.5 Å². The average Bonchev–Trinajstić information content (AvgIpc) is 3.37. The van der Waals surface area contributed by atoms with Crippen LogP contribution in [0.15, 0.2) is 41.8 Å². The number of hydrogen-bond acceptors (Lipinski definition) is 7. The summed E-state index contributed by atoms with van der Waals surface area (Å²) in [5, 5.41) is 11.3. The van der Waals surface area contributed by atoms with Crippen molar-refractivity contribution in [2.45, 2.75) is 0 Å². The van der Waals surface area contributed by atoms with Crippen LogP contribution in [-0.2, 0) is 9.47 Å². The third-order valence-electron chi connectivity index (χ3n) is 3.63. The van der Waals surface area contributed by atoms with Gasteiger partial charge in [0.1, 0.15) is 0 Å². The van der Waals surface area contributed by atoms with Crippen LogP contribution in [0.3, 0.4) is 0 Å². The van der Waals surface area contributed by atoms with E-state index in [4.69, 9.17) is 0 Å². The molecule has 0 aliphatic heterocycles. The number of aromatic amines is 1. The first-order valence-electron chi connectivity index (χ1n) is 7.74. The molecule has 2 N–H and O–H groups in total. The highest BCUT2D eigenvalue weighted by atomic mass is 32.1. The molecule has 138 valence electrons. The third kappa shape index (κ3) is 4.04. The third-order valence-corrected chi connectivity index (χ3v) is 4.53. The normalized spacial score (nSPS) is 10.3. The van der Waals surface area contributed by atoms with Gasteiger partial charge in [-0.2, -0.15) is 5.10 Å². The van der Waals surface area contributed by atoms with Crippen molar-refractivity contribution in [2.24, 2.45) is 0 Å². The maximum absolute atomic E-state index is 12.5. The molecule has 0 fully saturated rings. The lowest BCUT2D eigenvalue weighted by molar-refractivity contribution is 0.0599. The van der Waals surface area contributed by atoms with Gasteiger partial charge in [0.25, 0.3) is 5.91 Å². The van der Waals surface area contributed by atoms with Gasteiger partial charge in [0, 0.05) is 5.69 Å². The Hall–Kier alpha value is -3.46. The number of benzene rings is 1. The number of methoxy groups -OCH3 is 2. The number of H-pyrrole nitrogens is 1. The zero-order valence-electron chi connectivity index (χ0n) is 14.4. The number of amides is 1. The summed E-state index contributed by atoms with van der Waals surface area (Å²) in [5.74, 6) is -1.78. The van der Waals surface area contributed by atoms with Crippen LogP contribution < -0.4 is 5.32 Å². The molecule has 0 aliphatic rings. The van der Waals surface area contributed by atoms with Crippen LogP contribution in [0.2, 0.25) is 0 Å². The van der Waals surface area contributed by atoms with Gasteiger partial charge in [-0.25, -0.2) is 9.59 Å². The van der Waals surface area contributed by atoms with Crippen LogP contribution >= 0.6 is 11.3 Å². The van der Waals surface area contributed by atoms with Crippen molar-refractivity contribution >= 4 is 34.9 Å². The van der Waals surface area contributed by atoms with E-state index in [2.05, 4.69) is 25.0 Å². The molecular weight excluding hydrogens is 370 g/mol. The van der Waals surface area contributed by atoms with Gasteiger partial charge in [0.2, 0.25) is 0 Å². The van der Waals surface area contributed by atoms with Crippen molar-refractivity contribution < 1.29 is 23.9 Å². The number of thiophene rings is 1. The largest absolute Gasteiger partial charge is 0.465 e. The summed E-state index contributed by atoms with van der Waals surface area (Å²) in [5.41, 5.74) is 1.34. The van der Waals surface area contributed by atoms with E-state index in [9.17, 15) is 14.4 Å². The number of rotatable bonds is 5. The molecule has 3 rings (SSSR count). The summed E-state index contributed by atoms with van der Waals surface area (Å²) in [4.78, 5) is 37.1. The number of nitrogens with one attached hydrogen (secondary N) is 2. The summed E-state index contributed by atoms with van der Waals surface area (Å²) in [6, 6.07) is 9.56. The molecule has 0 saturated carbocycles. The van der Waals surface area contributed by atoms with Crippen molar-refractivity contribution in [3.63, 3.8) is 0 Å². The number of nitrogens with zero attached hydrogens (tertiary/aromatic N) is 1. The van der Waals surface area contributed by atoms with E-state index in [-0.39, 0.29) is 22.5 Å². The second kappa shape index (κ2) is 7.83. The Bertz CT molecular complexity index is 960. The van der Waals surface area contributed by atoms with Crippen molar-refractivity contribution in [1.29, 1.82) is 0 Å².